The molecule has 0 bridgehead atoms. The van der Waals surface area contributed by atoms with E-state index in [-0.39, 0.29) is 12.1 Å². The van der Waals surface area contributed by atoms with Gasteiger partial charge in [-0.25, -0.2) is 4.79 Å². The number of alkyl halides is 3. The van der Waals surface area contributed by atoms with E-state index in [9.17, 15) is 22.8 Å². The van der Waals surface area contributed by atoms with E-state index < -0.39 is 29.7 Å². The van der Waals surface area contributed by atoms with Gasteiger partial charge in [-0.15, -0.1) is 0 Å². The lowest BCUT2D eigenvalue weighted by molar-refractivity contribution is -0.139. The zero-order valence-corrected chi connectivity index (χ0v) is 9.86. The van der Waals surface area contributed by atoms with Gasteiger partial charge in [0.05, 0.1) is 5.56 Å². The van der Waals surface area contributed by atoms with E-state index in [0.717, 1.165) is 6.07 Å². The number of carbonyl (C=O) groups excluding carboxylic acids is 1. The molecular weight excluding hydrogens is 265 g/mol. The van der Waals surface area contributed by atoms with Gasteiger partial charge < -0.3 is 10.4 Å². The molecule has 1 aromatic rings. The van der Waals surface area contributed by atoms with Crippen molar-refractivity contribution in [2.45, 2.75) is 25.6 Å². The van der Waals surface area contributed by atoms with Crippen molar-refractivity contribution in [3.63, 3.8) is 0 Å². The van der Waals surface area contributed by atoms with Crippen LogP contribution in [0.1, 0.15) is 29.4 Å². The molecule has 19 heavy (non-hydrogen) atoms. The Bertz CT molecular complexity index is 471. The Kier molecular flexibility index (Phi) is 4.47. The van der Waals surface area contributed by atoms with Gasteiger partial charge in [0.25, 0.3) is 5.91 Å². The normalized spacial score (nSPS) is 12.8. The number of rotatable bonds is 4. The Balaban J connectivity index is 2.81. The first-order valence-electron chi connectivity index (χ1n) is 5.32. The minimum Gasteiger partial charge on any atom is -0.480 e. The van der Waals surface area contributed by atoms with Crippen molar-refractivity contribution >= 4 is 11.9 Å². The molecule has 0 aliphatic heterocycles. The molecule has 0 saturated heterocycles. The third-order valence-corrected chi connectivity index (χ3v) is 2.34. The average molecular weight is 276 g/mol. The molecule has 1 amide bonds. The van der Waals surface area contributed by atoms with Crippen LogP contribution in [0, 0.1) is 0 Å². The zero-order chi connectivity index (χ0) is 14.6. The second-order valence-corrected chi connectivity index (χ2v) is 3.70. The summed E-state index contributed by atoms with van der Waals surface area (Å²) in [6.07, 6.45) is -3.85. The number of amides is 1. The van der Waals surface area contributed by atoms with Crippen molar-refractivity contribution < 1.29 is 27.9 Å². The molecule has 5 nitrogen and oxygen atoms in total. The summed E-state index contributed by atoms with van der Waals surface area (Å²) in [7, 11) is 0. The summed E-state index contributed by atoms with van der Waals surface area (Å²) in [5, 5.41) is 10.9. The van der Waals surface area contributed by atoms with E-state index in [4.69, 9.17) is 5.11 Å². The second kappa shape index (κ2) is 5.68. The van der Waals surface area contributed by atoms with Gasteiger partial charge in [-0.3, -0.25) is 9.78 Å². The molecule has 104 valence electrons. The molecule has 0 aliphatic rings. The van der Waals surface area contributed by atoms with E-state index >= 15 is 0 Å². The lowest BCUT2D eigenvalue weighted by atomic mass is 10.2. The number of carboxylic acid groups (broad SMARTS) is 1. The number of nitrogens with one attached hydrogen (secondary N) is 1. The molecule has 2 N–H and O–H groups in total. The van der Waals surface area contributed by atoms with Crippen LogP contribution in [0.5, 0.6) is 0 Å². The second-order valence-electron chi connectivity index (χ2n) is 3.70. The molecule has 0 spiro atoms. The van der Waals surface area contributed by atoms with Crippen molar-refractivity contribution in [3.05, 3.63) is 29.6 Å². The van der Waals surface area contributed by atoms with E-state index in [1.54, 1.807) is 6.92 Å². The molecule has 8 heteroatoms. The topological polar surface area (TPSA) is 79.3 Å². The summed E-state index contributed by atoms with van der Waals surface area (Å²) in [6, 6.07) is 0.507. The molecule has 1 atom stereocenters. The van der Waals surface area contributed by atoms with E-state index in [0.29, 0.717) is 12.3 Å². The van der Waals surface area contributed by atoms with Crippen molar-refractivity contribution in [2.75, 3.05) is 0 Å². The van der Waals surface area contributed by atoms with Gasteiger partial charge in [0, 0.05) is 6.20 Å². The maximum Gasteiger partial charge on any atom is 0.417 e. The van der Waals surface area contributed by atoms with Gasteiger partial charge in [0.1, 0.15) is 11.7 Å². The van der Waals surface area contributed by atoms with Crippen molar-refractivity contribution in [1.29, 1.82) is 0 Å². The van der Waals surface area contributed by atoms with Crippen LogP contribution in [0.15, 0.2) is 18.3 Å². The average Bonchev–Trinajstić information content (AvgIpc) is 2.34. The SMILES string of the molecule is CCC(NC(=O)c1ccc(C(F)(F)F)cn1)C(=O)O. The minimum atomic E-state index is -4.53. The standard InChI is InChI=1S/C11H11F3N2O3/c1-2-7(10(18)19)16-9(17)8-4-3-6(5-15-8)11(12,13)14/h3-5,7H,2H2,1H3,(H,16,17)(H,18,19). The van der Waals surface area contributed by atoms with Gasteiger partial charge >= 0.3 is 12.1 Å². The molecule has 1 unspecified atom stereocenters. The largest absolute Gasteiger partial charge is 0.480 e. The Hall–Kier alpha value is -2.12. The summed E-state index contributed by atoms with van der Waals surface area (Å²) >= 11 is 0. The van der Waals surface area contributed by atoms with Crippen molar-refractivity contribution in [2.24, 2.45) is 0 Å². The molecule has 0 saturated carbocycles. The Morgan fingerprint density at radius 3 is 2.42 bits per heavy atom. The number of aromatic nitrogens is 1. The van der Waals surface area contributed by atoms with E-state index in [1.807, 2.05) is 0 Å². The predicted octanol–water partition coefficient (Wildman–Crippen LogP) is 1.69. The van der Waals surface area contributed by atoms with Crippen LogP contribution in [0.4, 0.5) is 13.2 Å². The van der Waals surface area contributed by atoms with Crippen LogP contribution in [-0.4, -0.2) is 28.0 Å². The van der Waals surface area contributed by atoms with Crippen molar-refractivity contribution in [3.8, 4) is 0 Å². The number of halogens is 3. The first-order valence-corrected chi connectivity index (χ1v) is 5.32. The number of carbonyl (C=O) groups is 2. The van der Waals surface area contributed by atoms with Gasteiger partial charge in [-0.05, 0) is 18.6 Å². The van der Waals surface area contributed by atoms with Gasteiger partial charge in [0.15, 0.2) is 0 Å². The number of pyridine rings is 1. The Labute approximate surface area is 106 Å². The van der Waals surface area contributed by atoms with Gasteiger partial charge in [-0.2, -0.15) is 13.2 Å². The summed E-state index contributed by atoms with van der Waals surface area (Å²) in [6.45, 7) is 1.55. The number of nitrogens with zero attached hydrogens (tertiary/aromatic N) is 1. The summed E-state index contributed by atoms with van der Waals surface area (Å²) in [4.78, 5) is 25.6. The Morgan fingerprint density at radius 2 is 2.05 bits per heavy atom. The highest BCUT2D eigenvalue weighted by Crippen LogP contribution is 2.28. The maximum atomic E-state index is 12.3. The van der Waals surface area contributed by atoms with E-state index in [2.05, 4.69) is 10.3 Å². The van der Waals surface area contributed by atoms with Crippen LogP contribution in [0.25, 0.3) is 0 Å². The monoisotopic (exact) mass is 276 g/mol. The predicted molar refractivity (Wildman–Crippen MR) is 58.4 cm³/mol. The molecule has 1 heterocycles. The van der Waals surface area contributed by atoms with Gasteiger partial charge in [-0.1, -0.05) is 6.92 Å². The van der Waals surface area contributed by atoms with Crippen LogP contribution in [0.3, 0.4) is 0 Å². The molecule has 1 rings (SSSR count). The summed E-state index contributed by atoms with van der Waals surface area (Å²) < 4.78 is 36.8. The van der Waals surface area contributed by atoms with Crippen LogP contribution in [0.2, 0.25) is 0 Å². The molecule has 0 fully saturated rings. The number of carboxylic acids is 1. The fourth-order valence-electron chi connectivity index (χ4n) is 1.27. The highest BCUT2D eigenvalue weighted by molar-refractivity contribution is 5.94. The quantitative estimate of drug-likeness (QED) is 0.877. The fraction of sp³-hybridized carbons (Fsp3) is 0.364. The minimum absolute atomic E-state index is 0.154. The highest BCUT2D eigenvalue weighted by Gasteiger charge is 2.31. The molecular formula is C11H11F3N2O3. The maximum absolute atomic E-state index is 12.3. The zero-order valence-electron chi connectivity index (χ0n) is 9.86. The first kappa shape index (κ1) is 14.9. The number of hydrogen-bond donors (Lipinski definition) is 2. The number of hydrogen-bond acceptors (Lipinski definition) is 3. The highest BCUT2D eigenvalue weighted by atomic mass is 19.4. The molecule has 0 aliphatic carbocycles. The van der Waals surface area contributed by atoms with Gasteiger partial charge in [0.2, 0.25) is 0 Å². The Morgan fingerprint density at radius 1 is 1.42 bits per heavy atom. The van der Waals surface area contributed by atoms with Crippen molar-refractivity contribution in [1.82, 2.24) is 10.3 Å². The molecule has 1 aromatic heterocycles. The lowest BCUT2D eigenvalue weighted by Crippen LogP contribution is -2.40. The van der Waals surface area contributed by atoms with Crippen LogP contribution in [-0.2, 0) is 11.0 Å². The third-order valence-electron chi connectivity index (χ3n) is 2.34. The summed E-state index contributed by atoms with van der Waals surface area (Å²) in [5.41, 5.74) is -1.25. The van der Waals surface area contributed by atoms with Crippen LogP contribution >= 0.6 is 0 Å². The molecule has 0 aromatic carbocycles. The smallest absolute Gasteiger partial charge is 0.417 e. The first-order chi connectivity index (χ1) is 8.75. The van der Waals surface area contributed by atoms with E-state index in [1.165, 1.54) is 0 Å². The summed E-state index contributed by atoms with van der Waals surface area (Å²) in [5.74, 6) is -2.05. The number of aliphatic carboxylic acids is 1. The molecule has 0 radical (unpaired) electrons. The lowest BCUT2D eigenvalue weighted by Gasteiger charge is -2.12. The third kappa shape index (κ3) is 3.94. The van der Waals surface area contributed by atoms with Crippen LogP contribution < -0.4 is 5.32 Å². The fourth-order valence-corrected chi connectivity index (χ4v) is 1.27.